The molecule has 0 aromatic rings. The van der Waals surface area contributed by atoms with Crippen molar-refractivity contribution in [1.82, 2.24) is 10.2 Å². The van der Waals surface area contributed by atoms with Gasteiger partial charge in [-0.2, -0.15) is 0 Å². The molecule has 0 bridgehead atoms. The Morgan fingerprint density at radius 1 is 1.22 bits per heavy atom. The molecule has 2 aliphatic rings. The predicted molar refractivity (Wildman–Crippen MR) is 78.9 cm³/mol. The Morgan fingerprint density at radius 2 is 2.00 bits per heavy atom. The molecule has 2 heteroatoms. The Hall–Kier alpha value is -0.0800. The lowest BCUT2D eigenvalue weighted by Gasteiger charge is -2.41. The lowest BCUT2D eigenvalue weighted by Crippen LogP contribution is -2.48. The van der Waals surface area contributed by atoms with Gasteiger partial charge in [-0.1, -0.05) is 27.2 Å². The highest BCUT2D eigenvalue weighted by Crippen LogP contribution is 2.38. The van der Waals surface area contributed by atoms with Crippen molar-refractivity contribution in [1.29, 1.82) is 0 Å². The molecule has 1 N–H and O–H groups in total. The third-order valence-corrected chi connectivity index (χ3v) is 4.95. The highest BCUT2D eigenvalue weighted by Gasteiger charge is 2.32. The van der Waals surface area contributed by atoms with Crippen molar-refractivity contribution in [2.75, 3.05) is 20.1 Å². The summed E-state index contributed by atoms with van der Waals surface area (Å²) in [5.74, 6) is 0.885. The van der Waals surface area contributed by atoms with E-state index < -0.39 is 0 Å². The van der Waals surface area contributed by atoms with E-state index in [9.17, 15) is 0 Å². The van der Waals surface area contributed by atoms with Crippen LogP contribution in [0, 0.1) is 11.3 Å². The topological polar surface area (TPSA) is 15.3 Å². The molecule has 2 fully saturated rings. The van der Waals surface area contributed by atoms with E-state index in [0.717, 1.165) is 18.0 Å². The second-order valence-corrected chi connectivity index (χ2v) is 7.65. The van der Waals surface area contributed by atoms with Gasteiger partial charge in [0.1, 0.15) is 0 Å². The van der Waals surface area contributed by atoms with Gasteiger partial charge in [0.25, 0.3) is 0 Å². The van der Waals surface area contributed by atoms with Gasteiger partial charge in [-0.15, -0.1) is 0 Å². The molecule has 106 valence electrons. The van der Waals surface area contributed by atoms with Crippen LogP contribution in [0.5, 0.6) is 0 Å². The first-order valence-corrected chi connectivity index (χ1v) is 7.90. The fourth-order valence-corrected chi connectivity index (χ4v) is 4.21. The minimum atomic E-state index is 0.536. The lowest BCUT2D eigenvalue weighted by atomic mass is 9.70. The average Bonchev–Trinajstić information content (AvgIpc) is 2.25. The molecular formula is C16H32N2. The maximum atomic E-state index is 3.87. The first-order chi connectivity index (χ1) is 8.46. The monoisotopic (exact) mass is 252 g/mol. The van der Waals surface area contributed by atoms with Crippen molar-refractivity contribution < 1.29 is 0 Å². The SMILES string of the molecule is CC1CC(NCC2CCCCN2C)CC(C)(C)C1. The maximum Gasteiger partial charge on any atom is 0.0217 e. The highest BCUT2D eigenvalue weighted by molar-refractivity contribution is 4.88. The summed E-state index contributed by atoms with van der Waals surface area (Å²) in [5.41, 5.74) is 0.536. The number of likely N-dealkylation sites (tertiary alicyclic amines) is 1. The summed E-state index contributed by atoms with van der Waals surface area (Å²) in [5, 5.41) is 3.87. The molecule has 18 heavy (non-hydrogen) atoms. The van der Waals surface area contributed by atoms with Crippen LogP contribution in [0.25, 0.3) is 0 Å². The molecule has 1 heterocycles. The van der Waals surface area contributed by atoms with Crippen LogP contribution in [-0.4, -0.2) is 37.1 Å². The molecule has 3 atom stereocenters. The van der Waals surface area contributed by atoms with Crippen LogP contribution in [0.15, 0.2) is 0 Å². The van der Waals surface area contributed by atoms with Crippen LogP contribution >= 0.6 is 0 Å². The van der Waals surface area contributed by atoms with E-state index in [2.05, 4.69) is 38.0 Å². The molecule has 2 nitrogen and oxygen atoms in total. The highest BCUT2D eigenvalue weighted by atomic mass is 15.2. The van der Waals surface area contributed by atoms with Crippen molar-refractivity contribution in [3.8, 4) is 0 Å². The van der Waals surface area contributed by atoms with Crippen LogP contribution in [0.1, 0.15) is 59.3 Å². The van der Waals surface area contributed by atoms with Gasteiger partial charge in [0.15, 0.2) is 0 Å². The van der Waals surface area contributed by atoms with Crippen LogP contribution in [0.2, 0.25) is 0 Å². The molecule has 0 aromatic carbocycles. The summed E-state index contributed by atoms with van der Waals surface area (Å²) in [4.78, 5) is 2.55. The lowest BCUT2D eigenvalue weighted by molar-refractivity contribution is 0.132. The van der Waals surface area contributed by atoms with E-state index in [4.69, 9.17) is 0 Å². The van der Waals surface area contributed by atoms with Gasteiger partial charge in [0.05, 0.1) is 0 Å². The zero-order valence-corrected chi connectivity index (χ0v) is 12.8. The van der Waals surface area contributed by atoms with Gasteiger partial charge < -0.3 is 10.2 Å². The van der Waals surface area contributed by atoms with Crippen LogP contribution in [-0.2, 0) is 0 Å². The number of piperidine rings is 1. The minimum Gasteiger partial charge on any atom is -0.312 e. The maximum absolute atomic E-state index is 3.87. The standard InChI is InChI=1S/C16H32N2/c1-13-9-14(11-16(2,3)10-13)17-12-15-7-5-6-8-18(15)4/h13-15,17H,5-12H2,1-4H3. The molecule has 0 aromatic heterocycles. The molecule has 1 saturated carbocycles. The van der Waals surface area contributed by atoms with Gasteiger partial charge >= 0.3 is 0 Å². The Morgan fingerprint density at radius 3 is 2.67 bits per heavy atom. The van der Waals surface area contributed by atoms with Crippen LogP contribution in [0.4, 0.5) is 0 Å². The van der Waals surface area contributed by atoms with E-state index in [1.807, 2.05) is 0 Å². The minimum absolute atomic E-state index is 0.536. The first-order valence-electron chi connectivity index (χ1n) is 7.90. The third-order valence-electron chi connectivity index (χ3n) is 4.95. The molecule has 0 amide bonds. The number of likely N-dealkylation sites (N-methyl/N-ethyl adjacent to an activating group) is 1. The molecular weight excluding hydrogens is 220 g/mol. The Bertz CT molecular complexity index is 262. The van der Waals surface area contributed by atoms with E-state index in [0.29, 0.717) is 5.41 Å². The quantitative estimate of drug-likeness (QED) is 0.829. The molecule has 1 aliphatic carbocycles. The fraction of sp³-hybridized carbons (Fsp3) is 1.00. The molecule has 1 saturated heterocycles. The summed E-state index contributed by atoms with van der Waals surface area (Å²) < 4.78 is 0. The second-order valence-electron chi connectivity index (χ2n) is 7.65. The summed E-state index contributed by atoms with van der Waals surface area (Å²) in [6.07, 6.45) is 8.32. The smallest absolute Gasteiger partial charge is 0.0217 e. The Kier molecular flexibility index (Phi) is 4.71. The summed E-state index contributed by atoms with van der Waals surface area (Å²) in [7, 11) is 2.29. The van der Waals surface area contributed by atoms with E-state index in [-0.39, 0.29) is 0 Å². The molecule has 0 radical (unpaired) electrons. The number of rotatable bonds is 3. The number of hydrogen-bond acceptors (Lipinski definition) is 2. The van der Waals surface area contributed by atoms with E-state index >= 15 is 0 Å². The molecule has 3 unspecified atom stereocenters. The zero-order chi connectivity index (χ0) is 13.2. The van der Waals surface area contributed by atoms with Crippen molar-refractivity contribution in [2.45, 2.75) is 71.4 Å². The van der Waals surface area contributed by atoms with Gasteiger partial charge in [0.2, 0.25) is 0 Å². The van der Waals surface area contributed by atoms with Crippen molar-refractivity contribution in [3.63, 3.8) is 0 Å². The Labute approximate surface area is 114 Å². The van der Waals surface area contributed by atoms with Gasteiger partial charge in [-0.05, 0) is 57.0 Å². The molecule has 0 spiro atoms. The first kappa shape index (κ1) is 14.3. The third kappa shape index (κ3) is 3.96. The van der Waals surface area contributed by atoms with Crippen molar-refractivity contribution in [2.24, 2.45) is 11.3 Å². The second kappa shape index (κ2) is 5.92. The van der Waals surface area contributed by atoms with Gasteiger partial charge in [0, 0.05) is 18.6 Å². The number of nitrogens with one attached hydrogen (secondary N) is 1. The zero-order valence-electron chi connectivity index (χ0n) is 12.8. The molecule has 2 rings (SSSR count). The number of hydrogen-bond donors (Lipinski definition) is 1. The summed E-state index contributed by atoms with van der Waals surface area (Å²) in [6.45, 7) is 9.78. The number of nitrogens with zero attached hydrogens (tertiary/aromatic N) is 1. The van der Waals surface area contributed by atoms with E-state index in [1.165, 1.54) is 51.6 Å². The van der Waals surface area contributed by atoms with Crippen molar-refractivity contribution >= 4 is 0 Å². The van der Waals surface area contributed by atoms with E-state index in [1.54, 1.807) is 0 Å². The summed E-state index contributed by atoms with van der Waals surface area (Å²) >= 11 is 0. The molecule has 1 aliphatic heterocycles. The van der Waals surface area contributed by atoms with Gasteiger partial charge in [-0.3, -0.25) is 0 Å². The fourth-order valence-electron chi connectivity index (χ4n) is 4.21. The van der Waals surface area contributed by atoms with Crippen LogP contribution < -0.4 is 5.32 Å². The average molecular weight is 252 g/mol. The Balaban J connectivity index is 1.78. The largest absolute Gasteiger partial charge is 0.312 e. The summed E-state index contributed by atoms with van der Waals surface area (Å²) in [6, 6.07) is 1.53. The normalized spacial score (nSPS) is 37.7. The van der Waals surface area contributed by atoms with Crippen molar-refractivity contribution in [3.05, 3.63) is 0 Å². The predicted octanol–water partition coefficient (Wildman–Crippen LogP) is 3.28. The van der Waals surface area contributed by atoms with Gasteiger partial charge in [-0.25, -0.2) is 0 Å². The van der Waals surface area contributed by atoms with Crippen LogP contribution in [0.3, 0.4) is 0 Å².